The van der Waals surface area contributed by atoms with Crippen molar-refractivity contribution in [3.8, 4) is 23.0 Å². The van der Waals surface area contributed by atoms with Crippen LogP contribution in [0, 0.1) is 0 Å². The minimum atomic E-state index is -0.862. The summed E-state index contributed by atoms with van der Waals surface area (Å²) in [4.78, 5) is 10.8. The lowest BCUT2D eigenvalue weighted by atomic mass is 10.1. The first-order valence-corrected chi connectivity index (χ1v) is 8.98. The summed E-state index contributed by atoms with van der Waals surface area (Å²) in [5, 5.41) is 9.21. The third-order valence-electron chi connectivity index (χ3n) is 3.64. The van der Waals surface area contributed by atoms with Crippen molar-refractivity contribution in [3.05, 3.63) is 47.0 Å². The van der Waals surface area contributed by atoms with Crippen LogP contribution in [0.2, 0.25) is 5.02 Å². The fourth-order valence-electron chi connectivity index (χ4n) is 2.41. The number of carbonyl (C=O) groups is 1. The van der Waals surface area contributed by atoms with Crippen molar-refractivity contribution in [3.63, 3.8) is 0 Å². The number of aryl methyl sites for hydroxylation is 1. The SMILES string of the molecule is CCOc1cc(CCC(=O)O)cc(Cl)c1OCCOc1cccc(OC)c1. The smallest absolute Gasteiger partial charge is 0.303 e. The van der Waals surface area contributed by atoms with E-state index < -0.39 is 5.97 Å². The van der Waals surface area contributed by atoms with E-state index in [0.717, 1.165) is 5.56 Å². The van der Waals surface area contributed by atoms with Gasteiger partial charge in [-0.05, 0) is 43.2 Å². The average Bonchev–Trinajstić information content (AvgIpc) is 2.65. The second kappa shape index (κ2) is 10.5. The number of halogens is 1. The Morgan fingerprint density at radius 1 is 1.07 bits per heavy atom. The molecule has 0 aliphatic heterocycles. The molecule has 1 N–H and O–H groups in total. The summed E-state index contributed by atoms with van der Waals surface area (Å²) in [7, 11) is 1.60. The number of aliphatic carboxylic acids is 1. The predicted molar refractivity (Wildman–Crippen MR) is 103 cm³/mol. The predicted octanol–water partition coefficient (Wildman–Crippen LogP) is 4.22. The molecule has 0 aliphatic rings. The molecule has 0 heterocycles. The molecule has 0 saturated carbocycles. The molecule has 0 atom stereocenters. The van der Waals surface area contributed by atoms with E-state index in [9.17, 15) is 4.79 Å². The minimum Gasteiger partial charge on any atom is -0.497 e. The summed E-state index contributed by atoms with van der Waals surface area (Å²) in [5.41, 5.74) is 0.783. The van der Waals surface area contributed by atoms with Crippen LogP contribution in [-0.2, 0) is 11.2 Å². The summed E-state index contributed by atoms with van der Waals surface area (Å²) < 4.78 is 22.1. The Morgan fingerprint density at radius 3 is 2.52 bits per heavy atom. The van der Waals surface area contributed by atoms with Gasteiger partial charge in [-0.25, -0.2) is 0 Å². The van der Waals surface area contributed by atoms with Crippen LogP contribution in [0.5, 0.6) is 23.0 Å². The maximum Gasteiger partial charge on any atom is 0.303 e. The van der Waals surface area contributed by atoms with Crippen LogP contribution in [0.15, 0.2) is 36.4 Å². The lowest BCUT2D eigenvalue weighted by molar-refractivity contribution is -0.136. The van der Waals surface area contributed by atoms with Gasteiger partial charge >= 0.3 is 5.97 Å². The Bertz CT molecular complexity index is 762. The second-order valence-corrected chi connectivity index (χ2v) is 6.01. The van der Waals surface area contributed by atoms with Crippen molar-refractivity contribution in [1.82, 2.24) is 0 Å². The molecule has 0 spiro atoms. The van der Waals surface area contributed by atoms with E-state index in [1.54, 1.807) is 25.3 Å². The molecular formula is C20H23ClO6. The lowest BCUT2D eigenvalue weighted by Crippen LogP contribution is -2.10. The van der Waals surface area contributed by atoms with Crippen LogP contribution in [-0.4, -0.2) is 38.0 Å². The Labute approximate surface area is 163 Å². The van der Waals surface area contributed by atoms with Crippen LogP contribution in [0.4, 0.5) is 0 Å². The van der Waals surface area contributed by atoms with Gasteiger partial charge in [0.1, 0.15) is 24.7 Å². The van der Waals surface area contributed by atoms with Crippen LogP contribution in [0.1, 0.15) is 18.9 Å². The molecule has 0 radical (unpaired) electrons. The summed E-state index contributed by atoms with van der Waals surface area (Å²) in [6.45, 7) is 2.88. The van der Waals surface area contributed by atoms with Gasteiger partial charge in [-0.1, -0.05) is 17.7 Å². The number of hydrogen-bond donors (Lipinski definition) is 1. The van der Waals surface area contributed by atoms with Crippen LogP contribution in [0.3, 0.4) is 0 Å². The highest BCUT2D eigenvalue weighted by molar-refractivity contribution is 6.32. The van der Waals surface area contributed by atoms with Crippen molar-refractivity contribution < 1.29 is 28.8 Å². The molecule has 0 unspecified atom stereocenters. The van der Waals surface area contributed by atoms with E-state index in [1.165, 1.54) is 0 Å². The summed E-state index contributed by atoms with van der Waals surface area (Å²) in [6, 6.07) is 10.8. The van der Waals surface area contributed by atoms with Crippen LogP contribution in [0.25, 0.3) is 0 Å². The molecule has 2 aromatic rings. The van der Waals surface area contributed by atoms with E-state index in [-0.39, 0.29) is 13.0 Å². The summed E-state index contributed by atoms with van der Waals surface area (Å²) in [6.07, 6.45) is 0.394. The first-order valence-electron chi connectivity index (χ1n) is 8.60. The van der Waals surface area contributed by atoms with E-state index in [4.69, 9.17) is 35.7 Å². The van der Waals surface area contributed by atoms with Gasteiger partial charge in [0.05, 0.1) is 18.7 Å². The normalized spacial score (nSPS) is 10.3. The zero-order valence-corrected chi connectivity index (χ0v) is 16.1. The van der Waals surface area contributed by atoms with Gasteiger partial charge in [0.25, 0.3) is 0 Å². The highest BCUT2D eigenvalue weighted by Crippen LogP contribution is 2.37. The van der Waals surface area contributed by atoms with Crippen molar-refractivity contribution in [2.24, 2.45) is 0 Å². The topological polar surface area (TPSA) is 74.2 Å². The lowest BCUT2D eigenvalue weighted by Gasteiger charge is -2.15. The molecule has 2 aromatic carbocycles. The van der Waals surface area contributed by atoms with Gasteiger partial charge in [0, 0.05) is 12.5 Å². The van der Waals surface area contributed by atoms with Crippen molar-refractivity contribution >= 4 is 17.6 Å². The molecule has 0 amide bonds. The first-order chi connectivity index (χ1) is 13.0. The number of ether oxygens (including phenoxy) is 4. The van der Waals surface area contributed by atoms with Gasteiger partial charge < -0.3 is 24.1 Å². The van der Waals surface area contributed by atoms with Crippen molar-refractivity contribution in [2.45, 2.75) is 19.8 Å². The van der Waals surface area contributed by atoms with Crippen molar-refractivity contribution in [2.75, 3.05) is 26.9 Å². The van der Waals surface area contributed by atoms with E-state index >= 15 is 0 Å². The zero-order valence-electron chi connectivity index (χ0n) is 15.4. The number of carboxylic acids is 1. The van der Waals surface area contributed by atoms with E-state index in [2.05, 4.69) is 0 Å². The van der Waals surface area contributed by atoms with Crippen molar-refractivity contribution in [1.29, 1.82) is 0 Å². The molecule has 27 heavy (non-hydrogen) atoms. The number of methoxy groups -OCH3 is 1. The Balaban J connectivity index is 1.98. The molecule has 0 bridgehead atoms. The molecule has 2 rings (SSSR count). The summed E-state index contributed by atoms with van der Waals surface area (Å²) >= 11 is 6.31. The average molecular weight is 395 g/mol. The Morgan fingerprint density at radius 2 is 1.81 bits per heavy atom. The fourth-order valence-corrected chi connectivity index (χ4v) is 2.70. The fraction of sp³-hybridized carbons (Fsp3) is 0.350. The minimum absolute atomic E-state index is 0.0243. The quantitative estimate of drug-likeness (QED) is 0.575. The highest BCUT2D eigenvalue weighted by Gasteiger charge is 2.13. The largest absolute Gasteiger partial charge is 0.497 e. The maximum absolute atomic E-state index is 10.8. The van der Waals surface area contributed by atoms with Gasteiger partial charge in [0.2, 0.25) is 0 Å². The third-order valence-corrected chi connectivity index (χ3v) is 3.92. The van der Waals surface area contributed by atoms with Gasteiger partial charge in [0.15, 0.2) is 11.5 Å². The standard InChI is InChI=1S/C20H23ClO6/c1-3-25-18-12-14(7-8-19(22)23)11-17(21)20(18)27-10-9-26-16-6-4-5-15(13-16)24-2/h4-6,11-13H,3,7-10H2,1-2H3,(H,22,23). The highest BCUT2D eigenvalue weighted by atomic mass is 35.5. The molecule has 146 valence electrons. The number of benzene rings is 2. The molecule has 0 fully saturated rings. The van der Waals surface area contributed by atoms with Crippen LogP contribution >= 0.6 is 11.6 Å². The molecule has 0 aromatic heterocycles. The molecule has 6 nitrogen and oxygen atoms in total. The van der Waals surface area contributed by atoms with Crippen LogP contribution < -0.4 is 18.9 Å². The number of rotatable bonds is 11. The third kappa shape index (κ3) is 6.57. The summed E-state index contributed by atoms with van der Waals surface area (Å²) in [5.74, 6) is 1.45. The molecule has 7 heteroatoms. The van der Waals surface area contributed by atoms with E-state index in [1.807, 2.05) is 25.1 Å². The molecule has 0 saturated heterocycles. The Kier molecular flexibility index (Phi) is 8.07. The number of carboxylic acid groups (broad SMARTS) is 1. The molecule has 0 aliphatic carbocycles. The van der Waals surface area contributed by atoms with Gasteiger partial charge in [-0.2, -0.15) is 0 Å². The Hall–Kier alpha value is -2.60. The second-order valence-electron chi connectivity index (χ2n) is 5.61. The van der Waals surface area contributed by atoms with Gasteiger partial charge in [-0.15, -0.1) is 0 Å². The maximum atomic E-state index is 10.8. The number of hydrogen-bond acceptors (Lipinski definition) is 5. The zero-order chi connectivity index (χ0) is 19.6. The first kappa shape index (κ1) is 20.7. The monoisotopic (exact) mass is 394 g/mol. The van der Waals surface area contributed by atoms with E-state index in [0.29, 0.717) is 47.7 Å². The molecular weight excluding hydrogens is 372 g/mol. The van der Waals surface area contributed by atoms with Gasteiger partial charge in [-0.3, -0.25) is 4.79 Å².